The Bertz CT molecular complexity index is 617. The summed E-state index contributed by atoms with van der Waals surface area (Å²) in [6.45, 7) is 1.69. The van der Waals surface area contributed by atoms with Gasteiger partial charge in [-0.05, 0) is 18.1 Å². The van der Waals surface area contributed by atoms with Gasteiger partial charge in [0.25, 0.3) is 11.8 Å². The van der Waals surface area contributed by atoms with Gasteiger partial charge < -0.3 is 0 Å². The van der Waals surface area contributed by atoms with E-state index >= 15 is 0 Å². The first-order valence-corrected chi connectivity index (χ1v) is 6.31. The Morgan fingerprint density at radius 1 is 1.05 bits per heavy atom. The monoisotopic (exact) mass is 272 g/mol. The van der Waals surface area contributed by atoms with E-state index in [1.54, 1.807) is 31.2 Å². The number of nitrogens with one attached hydrogen (secondary N) is 1. The number of piperidine rings is 1. The average Bonchev–Trinajstić information content (AvgIpc) is 2.64. The third-order valence-corrected chi connectivity index (χ3v) is 3.68. The number of benzene rings is 1. The Labute approximate surface area is 114 Å². The van der Waals surface area contributed by atoms with Crippen molar-refractivity contribution in [1.82, 2.24) is 10.2 Å². The fourth-order valence-electron chi connectivity index (χ4n) is 2.76. The van der Waals surface area contributed by atoms with Crippen LogP contribution in [0.2, 0.25) is 0 Å². The molecule has 0 saturated carbocycles. The van der Waals surface area contributed by atoms with Crippen molar-refractivity contribution in [3.8, 4) is 0 Å². The number of hydrogen-bond donors (Lipinski definition) is 1. The average molecular weight is 272 g/mol. The molecule has 2 atom stereocenters. The summed E-state index contributed by atoms with van der Waals surface area (Å²) in [4.78, 5) is 48.9. The minimum Gasteiger partial charge on any atom is -0.295 e. The SMILES string of the molecule is C[C@H]1CC(=O)NC(=O)C1N1C(=O)c2ccccc2C1=O. The molecule has 0 spiro atoms. The number of rotatable bonds is 1. The maximum Gasteiger partial charge on any atom is 0.262 e. The number of nitrogens with zero attached hydrogens (tertiary/aromatic N) is 1. The van der Waals surface area contributed by atoms with Crippen LogP contribution >= 0.6 is 0 Å². The van der Waals surface area contributed by atoms with Crippen molar-refractivity contribution in [2.24, 2.45) is 5.92 Å². The van der Waals surface area contributed by atoms with Crippen molar-refractivity contribution in [3.05, 3.63) is 35.4 Å². The third-order valence-electron chi connectivity index (χ3n) is 3.68. The van der Waals surface area contributed by atoms with E-state index in [0.29, 0.717) is 11.1 Å². The molecule has 0 bridgehead atoms. The maximum atomic E-state index is 12.3. The molecule has 4 amide bonds. The van der Waals surface area contributed by atoms with E-state index in [4.69, 9.17) is 0 Å². The van der Waals surface area contributed by atoms with E-state index in [0.717, 1.165) is 4.90 Å². The van der Waals surface area contributed by atoms with Gasteiger partial charge in [0, 0.05) is 6.42 Å². The summed E-state index contributed by atoms with van der Waals surface area (Å²) in [5.74, 6) is -2.32. The fraction of sp³-hybridized carbons (Fsp3) is 0.286. The van der Waals surface area contributed by atoms with Gasteiger partial charge in [-0.3, -0.25) is 29.4 Å². The normalized spacial score (nSPS) is 25.8. The Morgan fingerprint density at radius 2 is 1.60 bits per heavy atom. The van der Waals surface area contributed by atoms with Crippen molar-refractivity contribution in [3.63, 3.8) is 0 Å². The van der Waals surface area contributed by atoms with Gasteiger partial charge in [0.2, 0.25) is 11.8 Å². The van der Waals surface area contributed by atoms with Gasteiger partial charge in [-0.25, -0.2) is 0 Å². The molecule has 3 rings (SSSR count). The van der Waals surface area contributed by atoms with E-state index < -0.39 is 29.7 Å². The molecule has 6 nitrogen and oxygen atoms in total. The number of imide groups is 2. The van der Waals surface area contributed by atoms with Crippen LogP contribution in [-0.4, -0.2) is 34.6 Å². The molecule has 20 heavy (non-hydrogen) atoms. The molecule has 6 heteroatoms. The summed E-state index contributed by atoms with van der Waals surface area (Å²) in [7, 11) is 0. The second-order valence-electron chi connectivity index (χ2n) is 5.06. The Kier molecular flexibility index (Phi) is 2.67. The summed E-state index contributed by atoms with van der Waals surface area (Å²) in [5, 5.41) is 2.18. The van der Waals surface area contributed by atoms with Gasteiger partial charge in [-0.15, -0.1) is 0 Å². The first kappa shape index (κ1) is 12.5. The summed E-state index contributed by atoms with van der Waals surface area (Å²) < 4.78 is 0. The molecule has 0 aliphatic carbocycles. The number of carbonyl (C=O) groups excluding carboxylic acids is 4. The summed E-state index contributed by atoms with van der Waals surface area (Å²) in [6, 6.07) is 5.53. The standard InChI is InChI=1S/C14H12N2O4/c1-7-6-10(17)15-12(18)11(7)16-13(19)8-4-2-3-5-9(8)14(16)20/h2-5,7,11H,6H2,1H3,(H,15,17,18)/t7-,11?/m0/s1. The molecule has 1 aromatic rings. The first-order valence-electron chi connectivity index (χ1n) is 6.31. The highest BCUT2D eigenvalue weighted by Crippen LogP contribution is 2.29. The molecule has 1 N–H and O–H groups in total. The Hall–Kier alpha value is -2.50. The predicted molar refractivity (Wildman–Crippen MR) is 67.7 cm³/mol. The van der Waals surface area contributed by atoms with Crippen LogP contribution in [0.15, 0.2) is 24.3 Å². The lowest BCUT2D eigenvalue weighted by Gasteiger charge is -2.32. The Balaban J connectivity index is 2.00. The molecule has 1 aromatic carbocycles. The lowest BCUT2D eigenvalue weighted by atomic mass is 9.92. The molecule has 102 valence electrons. The zero-order valence-corrected chi connectivity index (χ0v) is 10.8. The van der Waals surface area contributed by atoms with E-state index in [1.807, 2.05) is 0 Å². The maximum absolute atomic E-state index is 12.3. The van der Waals surface area contributed by atoms with Gasteiger partial charge in [0.1, 0.15) is 6.04 Å². The molecule has 2 aliphatic rings. The van der Waals surface area contributed by atoms with Gasteiger partial charge >= 0.3 is 0 Å². The smallest absolute Gasteiger partial charge is 0.262 e. The third kappa shape index (κ3) is 1.65. The largest absolute Gasteiger partial charge is 0.295 e. The minimum atomic E-state index is -0.930. The minimum absolute atomic E-state index is 0.115. The zero-order valence-electron chi connectivity index (χ0n) is 10.8. The topological polar surface area (TPSA) is 83.6 Å². The molecule has 1 fully saturated rings. The molecule has 2 heterocycles. The highest BCUT2D eigenvalue weighted by atomic mass is 16.2. The molecule has 0 aromatic heterocycles. The second-order valence-corrected chi connectivity index (χ2v) is 5.06. The number of amides is 4. The lowest BCUT2D eigenvalue weighted by molar-refractivity contribution is -0.138. The van der Waals surface area contributed by atoms with Crippen LogP contribution in [-0.2, 0) is 9.59 Å². The quantitative estimate of drug-likeness (QED) is 0.747. The van der Waals surface area contributed by atoms with E-state index in [-0.39, 0.29) is 12.3 Å². The van der Waals surface area contributed by atoms with Crippen LogP contribution in [0.1, 0.15) is 34.1 Å². The fourth-order valence-corrected chi connectivity index (χ4v) is 2.76. The van der Waals surface area contributed by atoms with E-state index in [9.17, 15) is 19.2 Å². The summed E-state index contributed by atoms with van der Waals surface area (Å²) >= 11 is 0. The van der Waals surface area contributed by atoms with Gasteiger partial charge in [0.15, 0.2) is 0 Å². The van der Waals surface area contributed by atoms with Crippen molar-refractivity contribution in [1.29, 1.82) is 0 Å². The van der Waals surface area contributed by atoms with Crippen LogP contribution < -0.4 is 5.32 Å². The number of fused-ring (bicyclic) bond motifs is 1. The van der Waals surface area contributed by atoms with E-state index in [1.165, 1.54) is 0 Å². The molecule has 1 unspecified atom stereocenters. The van der Waals surface area contributed by atoms with Crippen molar-refractivity contribution in [2.45, 2.75) is 19.4 Å². The zero-order chi connectivity index (χ0) is 14.4. The van der Waals surface area contributed by atoms with Crippen LogP contribution in [0.5, 0.6) is 0 Å². The molecule has 2 aliphatic heterocycles. The van der Waals surface area contributed by atoms with Crippen LogP contribution in [0, 0.1) is 5.92 Å². The first-order chi connectivity index (χ1) is 9.50. The second kappa shape index (κ2) is 4.26. The van der Waals surface area contributed by atoms with Crippen LogP contribution in [0.4, 0.5) is 0 Å². The predicted octanol–water partition coefficient (Wildman–Crippen LogP) is 0.334. The Morgan fingerprint density at radius 3 is 2.10 bits per heavy atom. The van der Waals surface area contributed by atoms with Gasteiger partial charge in [0.05, 0.1) is 11.1 Å². The molecular formula is C14H12N2O4. The van der Waals surface area contributed by atoms with Crippen molar-refractivity contribution >= 4 is 23.6 Å². The molecule has 0 radical (unpaired) electrons. The highest BCUT2D eigenvalue weighted by Gasteiger charge is 2.47. The van der Waals surface area contributed by atoms with Crippen molar-refractivity contribution < 1.29 is 19.2 Å². The van der Waals surface area contributed by atoms with E-state index in [2.05, 4.69) is 5.32 Å². The highest BCUT2D eigenvalue weighted by molar-refractivity contribution is 6.23. The van der Waals surface area contributed by atoms with Crippen LogP contribution in [0.3, 0.4) is 0 Å². The van der Waals surface area contributed by atoms with Crippen LogP contribution in [0.25, 0.3) is 0 Å². The number of carbonyl (C=O) groups is 4. The van der Waals surface area contributed by atoms with Gasteiger partial charge in [-0.1, -0.05) is 19.1 Å². The summed E-state index contributed by atoms with van der Waals surface area (Å²) in [5.41, 5.74) is 0.601. The molecular weight excluding hydrogens is 260 g/mol. The van der Waals surface area contributed by atoms with Gasteiger partial charge in [-0.2, -0.15) is 0 Å². The summed E-state index contributed by atoms with van der Waals surface area (Å²) in [6.07, 6.45) is 0.115. The van der Waals surface area contributed by atoms with Crippen molar-refractivity contribution in [2.75, 3.05) is 0 Å². The number of hydrogen-bond acceptors (Lipinski definition) is 4. The molecule has 1 saturated heterocycles. The lowest BCUT2D eigenvalue weighted by Crippen LogP contribution is -2.58.